The van der Waals surface area contributed by atoms with Gasteiger partial charge in [0, 0.05) is 12.6 Å². The Morgan fingerprint density at radius 1 is 0.750 bits per heavy atom. The third kappa shape index (κ3) is 20.3. The van der Waals surface area contributed by atoms with Gasteiger partial charge in [-0.25, -0.2) is 14.4 Å². The average Bonchev–Trinajstić information content (AvgIpc) is 2.82. The molecule has 0 aromatic rings. The zero-order chi connectivity index (χ0) is 27.2. The molecule has 15 heteroatoms. The Labute approximate surface area is 211 Å². The number of unbranched alkanes of at least 4 members (excludes halogenated alkanes) is 2. The normalized spacial score (nSPS) is 13.1. The lowest BCUT2D eigenvalue weighted by atomic mass is 10.1. The van der Waals surface area contributed by atoms with E-state index in [-0.39, 0.29) is 31.8 Å². The summed E-state index contributed by atoms with van der Waals surface area (Å²) in [4.78, 5) is 39.0. The highest BCUT2D eigenvalue weighted by Crippen LogP contribution is 2.05. The summed E-state index contributed by atoms with van der Waals surface area (Å²) in [6.07, 6.45) is 2.11. The van der Waals surface area contributed by atoms with Crippen molar-refractivity contribution in [1.29, 1.82) is 0 Å². The number of carbonyl (C=O) groups excluding carboxylic acids is 2. The molecule has 2 amide bonds. The minimum atomic E-state index is -1.44. The van der Waals surface area contributed by atoms with Gasteiger partial charge in [-0.1, -0.05) is 12.8 Å². The monoisotopic (exact) mass is 520 g/mol. The van der Waals surface area contributed by atoms with Crippen molar-refractivity contribution >= 4 is 24.3 Å². The van der Waals surface area contributed by atoms with E-state index in [0.29, 0.717) is 58.2 Å². The molecule has 36 heavy (non-hydrogen) atoms. The van der Waals surface area contributed by atoms with Gasteiger partial charge in [0.25, 0.3) is 0 Å². The highest BCUT2D eigenvalue weighted by atomic mass is 16.7. The molecule has 0 aliphatic heterocycles. The number of hydrogen-bond donors (Lipinski definition) is 8. The Morgan fingerprint density at radius 3 is 1.72 bits per heavy atom. The van der Waals surface area contributed by atoms with Gasteiger partial charge in [0.15, 0.2) is 5.96 Å². The van der Waals surface area contributed by atoms with E-state index in [0.717, 1.165) is 12.8 Å². The molecule has 0 heterocycles. The molecule has 0 saturated carbocycles. The van der Waals surface area contributed by atoms with Crippen molar-refractivity contribution in [3.63, 3.8) is 0 Å². The molecule has 0 rings (SSSR count). The van der Waals surface area contributed by atoms with E-state index >= 15 is 0 Å². The Kier molecular flexibility index (Phi) is 19.5. The Morgan fingerprint density at radius 2 is 1.25 bits per heavy atom. The Hall–Kier alpha value is -3.04. The van der Waals surface area contributed by atoms with E-state index in [4.69, 9.17) is 43.2 Å². The maximum absolute atomic E-state index is 12.3. The number of aliphatic imine (C=N–C) groups is 1. The first-order valence-corrected chi connectivity index (χ1v) is 12.1. The molecule has 13 N–H and O–H groups in total. The van der Waals surface area contributed by atoms with Crippen molar-refractivity contribution in [3.05, 3.63) is 0 Å². The maximum atomic E-state index is 12.3. The van der Waals surface area contributed by atoms with Gasteiger partial charge in [-0.05, 0) is 51.6 Å². The lowest BCUT2D eigenvalue weighted by Gasteiger charge is -2.21. The highest BCUT2D eigenvalue weighted by Gasteiger charge is 2.19. The van der Waals surface area contributed by atoms with Crippen molar-refractivity contribution in [3.8, 4) is 0 Å². The van der Waals surface area contributed by atoms with E-state index in [1.165, 1.54) is 0 Å². The van der Waals surface area contributed by atoms with Crippen molar-refractivity contribution < 1.29 is 33.7 Å². The summed E-state index contributed by atoms with van der Waals surface area (Å²) in [6, 6.07) is -1.46. The first-order chi connectivity index (χ1) is 17.2. The molecular formula is C21H44N8O7. The number of ether oxygens (including phenoxy) is 3. The zero-order valence-electron chi connectivity index (χ0n) is 20.9. The van der Waals surface area contributed by atoms with Crippen LogP contribution in [-0.4, -0.2) is 87.0 Å². The number of nitrogens with one attached hydrogen (secondary N) is 2. The molecule has 0 radical (unpaired) electrons. The SMILES string of the molecule is NCCCC[C@@H](COC(=O)O)NC(=O)OC[C@H](CCCCN)NC(=O)OC[C@@H](N)CCCN=C(N)N. The summed E-state index contributed by atoms with van der Waals surface area (Å²) in [5, 5.41) is 14.0. The molecule has 0 fully saturated rings. The van der Waals surface area contributed by atoms with Crippen LogP contribution < -0.4 is 39.3 Å². The second-order valence-electron chi connectivity index (χ2n) is 8.23. The van der Waals surface area contributed by atoms with Crippen LogP contribution in [0.5, 0.6) is 0 Å². The fourth-order valence-corrected chi connectivity index (χ4v) is 3.06. The lowest BCUT2D eigenvalue weighted by molar-refractivity contribution is 0.0762. The van der Waals surface area contributed by atoms with E-state index < -0.39 is 30.4 Å². The summed E-state index contributed by atoms with van der Waals surface area (Å²) < 4.78 is 15.0. The Bertz CT molecular complexity index is 650. The van der Waals surface area contributed by atoms with Crippen LogP contribution in [0.25, 0.3) is 0 Å². The van der Waals surface area contributed by atoms with Gasteiger partial charge < -0.3 is 58.6 Å². The fraction of sp³-hybridized carbons (Fsp3) is 0.810. The molecule has 0 aliphatic carbocycles. The molecule has 0 spiro atoms. The number of nitrogens with zero attached hydrogens (tertiary/aromatic N) is 1. The van der Waals surface area contributed by atoms with Crippen LogP contribution in [0.4, 0.5) is 14.4 Å². The average molecular weight is 521 g/mol. The summed E-state index contributed by atoms with van der Waals surface area (Å²) in [5.41, 5.74) is 27.5. The minimum Gasteiger partial charge on any atom is -0.450 e. The van der Waals surface area contributed by atoms with Crippen LogP contribution in [0.2, 0.25) is 0 Å². The van der Waals surface area contributed by atoms with E-state index in [1.807, 2.05) is 0 Å². The smallest absolute Gasteiger partial charge is 0.450 e. The summed E-state index contributed by atoms with van der Waals surface area (Å²) >= 11 is 0. The van der Waals surface area contributed by atoms with Gasteiger partial charge in [-0.15, -0.1) is 0 Å². The number of carboxylic acid groups (broad SMARTS) is 1. The molecule has 210 valence electrons. The Balaban J connectivity index is 4.62. The van der Waals surface area contributed by atoms with Crippen molar-refractivity contribution in [2.24, 2.45) is 33.7 Å². The number of carbonyl (C=O) groups is 3. The zero-order valence-corrected chi connectivity index (χ0v) is 20.9. The maximum Gasteiger partial charge on any atom is 0.505 e. The van der Waals surface area contributed by atoms with Gasteiger partial charge in [0.05, 0.1) is 12.1 Å². The van der Waals surface area contributed by atoms with Crippen LogP contribution in [-0.2, 0) is 14.2 Å². The van der Waals surface area contributed by atoms with Crippen LogP contribution in [0.3, 0.4) is 0 Å². The first kappa shape index (κ1) is 33.0. The fourth-order valence-electron chi connectivity index (χ4n) is 3.06. The van der Waals surface area contributed by atoms with E-state index in [2.05, 4.69) is 20.4 Å². The molecule has 0 saturated heterocycles. The first-order valence-electron chi connectivity index (χ1n) is 12.1. The summed E-state index contributed by atoms with van der Waals surface area (Å²) in [6.45, 7) is 1.06. The van der Waals surface area contributed by atoms with Crippen molar-refractivity contribution in [2.75, 3.05) is 39.5 Å². The number of alkyl carbamates (subject to hydrolysis) is 2. The molecular weight excluding hydrogens is 476 g/mol. The van der Waals surface area contributed by atoms with E-state index in [1.54, 1.807) is 0 Å². The van der Waals surface area contributed by atoms with Crippen LogP contribution in [0.15, 0.2) is 4.99 Å². The lowest BCUT2D eigenvalue weighted by Crippen LogP contribution is -2.43. The second-order valence-corrected chi connectivity index (χ2v) is 8.23. The molecule has 0 unspecified atom stereocenters. The number of guanidine groups is 1. The largest absolute Gasteiger partial charge is 0.505 e. The molecule has 0 aliphatic rings. The number of nitrogens with two attached hydrogens (primary N) is 5. The highest BCUT2D eigenvalue weighted by molar-refractivity contribution is 5.75. The number of hydrogen-bond acceptors (Lipinski definition) is 10. The van der Waals surface area contributed by atoms with Crippen LogP contribution >= 0.6 is 0 Å². The predicted octanol–water partition coefficient (Wildman–Crippen LogP) is -0.490. The quantitative estimate of drug-likeness (QED) is 0.0332. The number of rotatable bonds is 20. The molecule has 0 bridgehead atoms. The summed E-state index contributed by atoms with van der Waals surface area (Å²) in [7, 11) is 0. The molecule has 0 aromatic carbocycles. The third-order valence-corrected chi connectivity index (χ3v) is 4.94. The van der Waals surface area contributed by atoms with Gasteiger partial charge in [-0.3, -0.25) is 4.99 Å². The van der Waals surface area contributed by atoms with Crippen LogP contribution in [0, 0.1) is 0 Å². The topological polar surface area (TPSA) is 266 Å². The van der Waals surface area contributed by atoms with Crippen molar-refractivity contribution in [2.45, 2.75) is 69.5 Å². The predicted molar refractivity (Wildman–Crippen MR) is 134 cm³/mol. The van der Waals surface area contributed by atoms with Crippen LogP contribution in [0.1, 0.15) is 51.4 Å². The van der Waals surface area contributed by atoms with Gasteiger partial charge in [0.2, 0.25) is 0 Å². The minimum absolute atomic E-state index is 0.00141. The van der Waals surface area contributed by atoms with Crippen molar-refractivity contribution in [1.82, 2.24) is 10.6 Å². The third-order valence-electron chi connectivity index (χ3n) is 4.94. The second kappa shape index (κ2) is 21.3. The molecule has 3 atom stereocenters. The molecule has 15 nitrogen and oxygen atoms in total. The number of amides is 2. The van der Waals surface area contributed by atoms with Gasteiger partial charge in [-0.2, -0.15) is 0 Å². The van der Waals surface area contributed by atoms with Gasteiger partial charge >= 0.3 is 18.3 Å². The summed E-state index contributed by atoms with van der Waals surface area (Å²) in [5.74, 6) is 0.00601. The van der Waals surface area contributed by atoms with E-state index in [9.17, 15) is 14.4 Å². The van der Waals surface area contributed by atoms with Gasteiger partial charge in [0.1, 0.15) is 19.8 Å². The molecule has 0 aromatic heterocycles. The standard InChI is InChI=1S/C21H44N8O7/c22-9-3-1-7-16(28-19(30)34-12-15(24)6-5-11-27-18(25)26)13-35-20(31)29-17(8-2-4-10-23)14-36-21(32)33/h15-17H,1-14,22-24H2,(H,28,30)(H,29,31)(H,32,33)(H4,25,26,27)/t15-,16-,17-/m0/s1.